The van der Waals surface area contributed by atoms with E-state index in [1.165, 1.54) is 154 Å². The van der Waals surface area contributed by atoms with Gasteiger partial charge >= 0.3 is 5.97 Å². The highest BCUT2D eigenvalue weighted by Crippen LogP contribution is 2.18. The van der Waals surface area contributed by atoms with Gasteiger partial charge in [-0.15, -0.1) is 0 Å². The highest BCUT2D eigenvalue weighted by molar-refractivity contribution is 5.77. The van der Waals surface area contributed by atoms with E-state index in [-0.39, 0.29) is 24.9 Å². The molecule has 6 nitrogen and oxygen atoms in total. The van der Waals surface area contributed by atoms with Crippen molar-refractivity contribution < 1.29 is 24.5 Å². The summed E-state index contributed by atoms with van der Waals surface area (Å²) in [7, 11) is 0. The average molecular weight is 911 g/mol. The molecule has 0 saturated carbocycles. The van der Waals surface area contributed by atoms with Gasteiger partial charge in [0.15, 0.2) is 0 Å². The fourth-order valence-corrected chi connectivity index (χ4v) is 8.46. The number of allylic oxidation sites excluding steroid dienone is 10. The van der Waals surface area contributed by atoms with Crippen LogP contribution >= 0.6 is 0 Å². The van der Waals surface area contributed by atoms with Crippen molar-refractivity contribution in [3.8, 4) is 0 Å². The molecule has 0 spiro atoms. The van der Waals surface area contributed by atoms with Crippen LogP contribution in [0.3, 0.4) is 0 Å². The fourth-order valence-electron chi connectivity index (χ4n) is 8.46. The summed E-state index contributed by atoms with van der Waals surface area (Å²) >= 11 is 0. The van der Waals surface area contributed by atoms with Crippen LogP contribution in [-0.2, 0) is 14.3 Å². The van der Waals surface area contributed by atoms with Crippen LogP contribution in [0.1, 0.15) is 278 Å². The number of carbonyl (C=O) groups is 2. The summed E-state index contributed by atoms with van der Waals surface area (Å²) in [6.45, 7) is 6.41. The molecule has 0 rings (SSSR count). The third-order valence-electron chi connectivity index (χ3n) is 12.7. The molecule has 3 unspecified atom stereocenters. The molecular formula is C59H107NO5. The number of carbonyl (C=O) groups excluding carboxylic acids is 2. The van der Waals surface area contributed by atoms with E-state index < -0.39 is 18.2 Å². The van der Waals surface area contributed by atoms with Gasteiger partial charge in [-0.3, -0.25) is 9.59 Å². The van der Waals surface area contributed by atoms with Gasteiger partial charge in [0.05, 0.1) is 25.2 Å². The maximum atomic E-state index is 13.2. The Balaban J connectivity index is 4.51. The van der Waals surface area contributed by atoms with Gasteiger partial charge in [0.1, 0.15) is 6.10 Å². The highest BCUT2D eigenvalue weighted by atomic mass is 16.5. The second-order valence-corrected chi connectivity index (χ2v) is 19.1. The zero-order chi connectivity index (χ0) is 47.4. The second-order valence-electron chi connectivity index (χ2n) is 19.1. The van der Waals surface area contributed by atoms with Gasteiger partial charge in [-0.2, -0.15) is 0 Å². The molecule has 6 heteroatoms. The lowest BCUT2D eigenvalue weighted by Gasteiger charge is -2.24. The molecule has 3 N–H and O–H groups in total. The minimum absolute atomic E-state index is 0.0681. The Morgan fingerprint density at radius 3 is 1.25 bits per heavy atom. The van der Waals surface area contributed by atoms with Crippen molar-refractivity contribution in [1.29, 1.82) is 0 Å². The molecule has 0 bridgehead atoms. The summed E-state index contributed by atoms with van der Waals surface area (Å²) in [5.41, 5.74) is 0. The fraction of sp³-hybridized carbons (Fsp3) is 0.797. The summed E-state index contributed by atoms with van der Waals surface area (Å²) in [5, 5.41) is 23.9. The SMILES string of the molecule is CCC/C=C/C=C/C=C/C=C/C=C/CCCCCCCC(=O)OC(CCCCCCCCCCCCC)CC(=O)NC(CO)C(O)CCCCCCCCCCCCCCCCCCC. The second kappa shape index (κ2) is 52.5. The molecule has 0 aliphatic rings. The van der Waals surface area contributed by atoms with Gasteiger partial charge in [-0.1, -0.05) is 281 Å². The van der Waals surface area contributed by atoms with E-state index in [1.54, 1.807) is 0 Å². The average Bonchev–Trinajstić information content (AvgIpc) is 3.30. The van der Waals surface area contributed by atoms with Crippen LogP contribution in [0.15, 0.2) is 60.8 Å². The molecule has 0 aliphatic heterocycles. The molecule has 0 saturated heterocycles. The van der Waals surface area contributed by atoms with E-state index in [9.17, 15) is 19.8 Å². The van der Waals surface area contributed by atoms with Crippen LogP contribution in [0.4, 0.5) is 0 Å². The molecule has 0 heterocycles. The number of hydrogen-bond donors (Lipinski definition) is 3. The van der Waals surface area contributed by atoms with Gasteiger partial charge in [-0.05, 0) is 44.9 Å². The van der Waals surface area contributed by atoms with Crippen molar-refractivity contribution in [2.75, 3.05) is 6.61 Å². The Bertz CT molecular complexity index is 1160. The van der Waals surface area contributed by atoms with Crippen LogP contribution in [-0.4, -0.2) is 46.9 Å². The minimum atomic E-state index is -0.793. The Kier molecular flexibility index (Phi) is 50.6. The predicted molar refractivity (Wildman–Crippen MR) is 282 cm³/mol. The number of hydrogen-bond acceptors (Lipinski definition) is 5. The molecule has 0 aromatic heterocycles. The molecule has 65 heavy (non-hydrogen) atoms. The van der Waals surface area contributed by atoms with E-state index in [0.29, 0.717) is 19.3 Å². The smallest absolute Gasteiger partial charge is 0.306 e. The Morgan fingerprint density at radius 1 is 0.446 bits per heavy atom. The number of nitrogens with one attached hydrogen (secondary N) is 1. The van der Waals surface area contributed by atoms with E-state index in [0.717, 1.165) is 77.0 Å². The van der Waals surface area contributed by atoms with Crippen molar-refractivity contribution in [3.63, 3.8) is 0 Å². The number of unbranched alkanes of at least 4 members (excludes halogenated alkanes) is 32. The first-order valence-corrected chi connectivity index (χ1v) is 28.1. The van der Waals surface area contributed by atoms with Crippen LogP contribution in [0.25, 0.3) is 0 Å². The van der Waals surface area contributed by atoms with Gasteiger partial charge in [-0.25, -0.2) is 0 Å². The number of aliphatic hydroxyl groups is 2. The Labute approximate surface area is 403 Å². The third-order valence-corrected chi connectivity index (χ3v) is 12.7. The molecular weight excluding hydrogens is 803 g/mol. The third kappa shape index (κ3) is 47.8. The van der Waals surface area contributed by atoms with Gasteiger partial charge in [0, 0.05) is 6.42 Å². The standard InChI is InChI=1S/C59H107NO5/c1-4-7-10-13-16-19-22-24-26-28-30-32-34-37-40-43-46-49-52-59(64)65-55(50-47-44-41-38-35-21-18-15-12-9-6-3)53-58(63)60-56(54-61)57(62)51-48-45-42-39-36-33-31-29-27-25-23-20-17-14-11-8-5-2/h10,13,16,19,22,24,26,28,30,32,55-57,61-62H,4-9,11-12,14-15,17-18,20-21,23,25,27,29,31,33-54H2,1-3H3,(H,60,63)/b13-10+,19-16+,24-22+,28-26+,32-30+. The normalized spacial score (nSPS) is 13.6. The number of amides is 1. The molecule has 1 amide bonds. The van der Waals surface area contributed by atoms with Crippen LogP contribution in [0.2, 0.25) is 0 Å². The molecule has 0 aliphatic carbocycles. The molecule has 0 aromatic rings. The summed E-state index contributed by atoms with van der Waals surface area (Å²) in [4.78, 5) is 26.2. The lowest BCUT2D eigenvalue weighted by atomic mass is 10.0. The zero-order valence-corrected chi connectivity index (χ0v) is 43.1. The van der Waals surface area contributed by atoms with Gasteiger partial charge in [0.2, 0.25) is 5.91 Å². The molecule has 0 aromatic carbocycles. The largest absolute Gasteiger partial charge is 0.462 e. The number of ether oxygens (including phenoxy) is 1. The van der Waals surface area contributed by atoms with E-state index >= 15 is 0 Å². The quantitative estimate of drug-likeness (QED) is 0.0321. The van der Waals surface area contributed by atoms with Crippen LogP contribution in [0, 0.1) is 0 Å². The topological polar surface area (TPSA) is 95.9 Å². The van der Waals surface area contributed by atoms with Crippen molar-refractivity contribution in [2.24, 2.45) is 0 Å². The van der Waals surface area contributed by atoms with Gasteiger partial charge in [0.25, 0.3) is 0 Å². The zero-order valence-electron chi connectivity index (χ0n) is 43.1. The predicted octanol–water partition coefficient (Wildman–Crippen LogP) is 17.2. The molecule has 3 atom stereocenters. The summed E-state index contributed by atoms with van der Waals surface area (Å²) in [6, 6.07) is -0.707. The maximum absolute atomic E-state index is 13.2. The summed E-state index contributed by atoms with van der Waals surface area (Å²) < 4.78 is 5.94. The first-order valence-electron chi connectivity index (χ1n) is 28.1. The van der Waals surface area contributed by atoms with E-state index in [2.05, 4.69) is 62.5 Å². The maximum Gasteiger partial charge on any atom is 0.306 e. The first-order chi connectivity index (χ1) is 32.0. The van der Waals surface area contributed by atoms with Gasteiger partial charge < -0.3 is 20.3 Å². The Hall–Kier alpha value is -2.44. The Morgan fingerprint density at radius 2 is 0.815 bits per heavy atom. The number of aliphatic hydroxyl groups excluding tert-OH is 2. The molecule has 378 valence electrons. The number of rotatable bonds is 50. The summed E-state index contributed by atoms with van der Waals surface area (Å²) in [6.07, 6.45) is 65.6. The lowest BCUT2D eigenvalue weighted by Crippen LogP contribution is -2.46. The van der Waals surface area contributed by atoms with Crippen molar-refractivity contribution in [3.05, 3.63) is 60.8 Å². The highest BCUT2D eigenvalue weighted by Gasteiger charge is 2.24. The summed E-state index contributed by atoms with van der Waals surface area (Å²) in [5.74, 6) is -0.494. The van der Waals surface area contributed by atoms with Crippen molar-refractivity contribution in [1.82, 2.24) is 5.32 Å². The van der Waals surface area contributed by atoms with Crippen molar-refractivity contribution >= 4 is 11.9 Å². The van der Waals surface area contributed by atoms with Crippen molar-refractivity contribution in [2.45, 2.75) is 296 Å². The van der Waals surface area contributed by atoms with Crippen LogP contribution in [0.5, 0.6) is 0 Å². The molecule has 0 radical (unpaired) electrons. The minimum Gasteiger partial charge on any atom is -0.462 e. The number of esters is 1. The van der Waals surface area contributed by atoms with E-state index in [1.807, 2.05) is 24.3 Å². The van der Waals surface area contributed by atoms with Crippen LogP contribution < -0.4 is 5.32 Å². The molecule has 0 fully saturated rings. The lowest BCUT2D eigenvalue weighted by molar-refractivity contribution is -0.151. The first kappa shape index (κ1) is 62.6. The van der Waals surface area contributed by atoms with E-state index in [4.69, 9.17) is 4.74 Å². The monoisotopic (exact) mass is 910 g/mol.